The maximum atomic E-state index is 13.1. The molecule has 3 aliphatic heterocycles. The number of benzene rings is 6. The van der Waals surface area contributed by atoms with Crippen LogP contribution in [0.4, 0.5) is 9.59 Å². The SMILES string of the molecule is Cc1cc(C)c(C2N(C(=O)OC(C)(C)C)C(=O)CN2[C@H](C)c2ccccc2)c(C)c1.Cc1cc(C)c(C2NC(=O)CN2[C@H](C)c2ccccc2)c(C)c1.Cc1cc(C)c([C@@H]2N(C(=O)OC(C)(C)C)C(=O)CN2[C@H](C)c2ccccc2)c(C)c1. The number of hydrogen-bond acceptors (Lipinski definition) is 10. The number of aryl methyl sites for hydroxylation is 9. The molecule has 3 saturated heterocycles. The van der Waals surface area contributed by atoms with Gasteiger partial charge in [-0.05, 0) is 191 Å². The van der Waals surface area contributed by atoms with E-state index >= 15 is 0 Å². The van der Waals surface area contributed by atoms with Gasteiger partial charge in [0.05, 0.1) is 19.6 Å². The molecule has 0 radical (unpaired) electrons. The second kappa shape index (κ2) is 26.0. The van der Waals surface area contributed by atoms with Crippen molar-refractivity contribution in [1.82, 2.24) is 29.8 Å². The van der Waals surface area contributed by atoms with Crippen LogP contribution >= 0.6 is 0 Å². The van der Waals surface area contributed by atoms with Crippen molar-refractivity contribution < 1.29 is 33.4 Å². The molecule has 1 N–H and O–H groups in total. The van der Waals surface area contributed by atoms with Crippen LogP contribution < -0.4 is 5.32 Å². The molecule has 0 bridgehead atoms. The smallest absolute Gasteiger partial charge is 0.418 e. The number of nitrogens with one attached hydrogen (secondary N) is 1. The molecular formula is C70H88N6O7. The van der Waals surface area contributed by atoms with Gasteiger partial charge in [-0.3, -0.25) is 29.1 Å². The summed E-state index contributed by atoms with van der Waals surface area (Å²) in [6.45, 7) is 36.6. The number of nitrogens with zero attached hydrogens (tertiary/aromatic N) is 5. The van der Waals surface area contributed by atoms with Crippen LogP contribution in [0.5, 0.6) is 0 Å². The highest BCUT2D eigenvalue weighted by Gasteiger charge is 2.49. The van der Waals surface area contributed by atoms with E-state index in [0.29, 0.717) is 6.54 Å². The number of rotatable bonds is 9. The van der Waals surface area contributed by atoms with Gasteiger partial charge in [-0.25, -0.2) is 19.4 Å². The summed E-state index contributed by atoms with van der Waals surface area (Å²) in [4.78, 5) is 73.6. The van der Waals surface area contributed by atoms with E-state index in [1.54, 1.807) is 0 Å². The van der Waals surface area contributed by atoms with Crippen molar-refractivity contribution >= 4 is 29.9 Å². The molecule has 0 aromatic heterocycles. The van der Waals surface area contributed by atoms with Crippen LogP contribution in [0.1, 0.15) is 182 Å². The van der Waals surface area contributed by atoms with E-state index in [0.717, 1.165) is 55.6 Å². The lowest BCUT2D eigenvalue weighted by atomic mass is 9.95. The summed E-state index contributed by atoms with van der Waals surface area (Å²) in [6.07, 6.45) is -2.27. The molecule has 6 aromatic carbocycles. The minimum absolute atomic E-state index is 0.0484. The third-order valence-electron chi connectivity index (χ3n) is 15.8. The van der Waals surface area contributed by atoms with Crippen LogP contribution in [-0.4, -0.2) is 85.2 Å². The number of ether oxygens (including phenoxy) is 2. The monoisotopic (exact) mass is 1120 g/mol. The van der Waals surface area contributed by atoms with Crippen molar-refractivity contribution in [2.75, 3.05) is 19.6 Å². The summed E-state index contributed by atoms with van der Waals surface area (Å²) in [6, 6.07) is 43.4. The van der Waals surface area contributed by atoms with E-state index in [-0.39, 0.29) is 55.1 Å². The van der Waals surface area contributed by atoms with Gasteiger partial charge in [-0.15, -0.1) is 0 Å². The van der Waals surface area contributed by atoms with E-state index in [4.69, 9.17) is 9.47 Å². The molecule has 6 atom stereocenters. The van der Waals surface area contributed by atoms with Crippen LogP contribution in [0.3, 0.4) is 0 Å². The summed E-state index contributed by atoms with van der Waals surface area (Å²) in [5.41, 5.74) is 15.6. The van der Waals surface area contributed by atoms with E-state index in [1.807, 2.05) is 112 Å². The largest absolute Gasteiger partial charge is 0.443 e. The Morgan fingerprint density at radius 2 is 0.711 bits per heavy atom. The van der Waals surface area contributed by atoms with Crippen molar-refractivity contribution in [3.05, 3.63) is 211 Å². The number of hydrogen-bond donors (Lipinski definition) is 1. The number of carbonyl (C=O) groups is 5. The van der Waals surface area contributed by atoms with E-state index in [1.165, 1.54) is 37.6 Å². The van der Waals surface area contributed by atoms with Gasteiger partial charge in [0.25, 0.3) is 0 Å². The van der Waals surface area contributed by atoms with Crippen LogP contribution in [-0.2, 0) is 23.9 Å². The molecule has 0 aliphatic carbocycles. The standard InChI is InChI=1S/2C25H32N2O3.C20H24N2O/c2*1-16-13-17(2)22(18(3)14-16)23-26(19(4)20-11-9-8-10-12-20)15-21(28)27(23)24(29)30-25(5,6)7;1-13-10-14(2)19(15(3)11-13)20-21-18(23)12-22(20)16(4)17-8-6-5-7-9-17/h2*8-14,19,23H,15H2,1-7H3;5-11,16,20H,12H2,1-4H3,(H,21,23)/t19-,23?;19-,23+;16-,20?/m111/s1. The first-order valence-electron chi connectivity index (χ1n) is 29.0. The van der Waals surface area contributed by atoms with Gasteiger partial charge in [-0.1, -0.05) is 144 Å². The minimum Gasteiger partial charge on any atom is -0.443 e. The van der Waals surface area contributed by atoms with Crippen molar-refractivity contribution in [3.63, 3.8) is 0 Å². The Kier molecular flexibility index (Phi) is 19.8. The van der Waals surface area contributed by atoms with Crippen LogP contribution in [0.25, 0.3) is 0 Å². The molecule has 3 heterocycles. The maximum Gasteiger partial charge on any atom is 0.418 e. The number of amides is 5. The number of imide groups is 2. The molecule has 83 heavy (non-hydrogen) atoms. The fourth-order valence-electron chi connectivity index (χ4n) is 12.2. The summed E-state index contributed by atoms with van der Waals surface area (Å²) in [5.74, 6) is -0.384. The predicted octanol–water partition coefficient (Wildman–Crippen LogP) is 14.7. The Morgan fingerprint density at radius 3 is 1.00 bits per heavy atom. The Labute approximate surface area is 494 Å². The highest BCUT2D eigenvalue weighted by Crippen LogP contribution is 2.43. The molecular weight excluding hydrogens is 1040 g/mol. The van der Waals surface area contributed by atoms with Gasteiger partial charge in [-0.2, -0.15) is 0 Å². The fourth-order valence-corrected chi connectivity index (χ4v) is 12.2. The molecule has 6 aromatic rings. The van der Waals surface area contributed by atoms with Crippen LogP contribution in [0.15, 0.2) is 127 Å². The third-order valence-corrected chi connectivity index (χ3v) is 15.8. The van der Waals surface area contributed by atoms with Crippen molar-refractivity contribution in [3.8, 4) is 0 Å². The Hall–Kier alpha value is -7.45. The molecule has 9 rings (SSSR count). The topological polar surface area (TPSA) is 132 Å². The Morgan fingerprint density at radius 1 is 0.434 bits per heavy atom. The second-order valence-corrected chi connectivity index (χ2v) is 24.9. The molecule has 13 nitrogen and oxygen atoms in total. The summed E-state index contributed by atoms with van der Waals surface area (Å²) in [5, 5.41) is 3.16. The summed E-state index contributed by atoms with van der Waals surface area (Å²) in [7, 11) is 0. The third kappa shape index (κ3) is 14.9. The summed E-state index contributed by atoms with van der Waals surface area (Å²) < 4.78 is 11.2. The van der Waals surface area contributed by atoms with E-state index < -0.39 is 35.7 Å². The maximum absolute atomic E-state index is 13.1. The number of carbonyl (C=O) groups excluding carboxylic acids is 5. The fraction of sp³-hybridized carbons (Fsp3) is 0.414. The summed E-state index contributed by atoms with van der Waals surface area (Å²) >= 11 is 0. The Balaban J connectivity index is 0.000000181. The molecule has 0 spiro atoms. The second-order valence-electron chi connectivity index (χ2n) is 24.9. The van der Waals surface area contributed by atoms with Gasteiger partial charge in [0, 0.05) is 18.1 Å². The highest BCUT2D eigenvalue weighted by molar-refractivity contribution is 5.96. The first kappa shape index (κ1) is 63.1. The zero-order chi connectivity index (χ0) is 61.0. The predicted molar refractivity (Wildman–Crippen MR) is 329 cm³/mol. The van der Waals surface area contributed by atoms with Crippen molar-refractivity contribution in [2.45, 2.75) is 172 Å². The van der Waals surface area contributed by atoms with Gasteiger partial charge < -0.3 is 14.8 Å². The molecule has 3 aliphatic rings. The van der Waals surface area contributed by atoms with Gasteiger partial charge in [0.15, 0.2) is 0 Å². The molecule has 0 saturated carbocycles. The van der Waals surface area contributed by atoms with Gasteiger partial charge in [0.1, 0.15) is 29.7 Å². The molecule has 440 valence electrons. The zero-order valence-electron chi connectivity index (χ0n) is 52.3. The van der Waals surface area contributed by atoms with E-state index in [2.05, 4.69) is 160 Å². The Bertz CT molecular complexity index is 3090. The minimum atomic E-state index is -0.683. The first-order valence-corrected chi connectivity index (χ1v) is 29.0. The van der Waals surface area contributed by atoms with Gasteiger partial charge in [0.2, 0.25) is 17.7 Å². The average Bonchev–Trinajstić information content (AvgIpc) is 2.40. The molecule has 2 unspecified atom stereocenters. The van der Waals surface area contributed by atoms with Crippen molar-refractivity contribution in [2.24, 2.45) is 0 Å². The highest BCUT2D eigenvalue weighted by atomic mass is 16.6. The molecule has 13 heteroatoms. The van der Waals surface area contributed by atoms with Crippen LogP contribution in [0, 0.1) is 62.3 Å². The van der Waals surface area contributed by atoms with Crippen molar-refractivity contribution in [1.29, 1.82) is 0 Å². The lowest BCUT2D eigenvalue weighted by Crippen LogP contribution is -2.41. The average molecular weight is 1130 g/mol. The van der Waals surface area contributed by atoms with Crippen LogP contribution in [0.2, 0.25) is 0 Å². The molecule has 5 amide bonds. The zero-order valence-corrected chi connectivity index (χ0v) is 52.3. The lowest BCUT2D eigenvalue weighted by molar-refractivity contribution is -0.128. The normalized spacial score (nSPS) is 18.9. The lowest BCUT2D eigenvalue weighted by Gasteiger charge is -2.35. The van der Waals surface area contributed by atoms with E-state index in [9.17, 15) is 24.0 Å². The first-order chi connectivity index (χ1) is 39.0. The molecule has 3 fully saturated rings. The quantitative estimate of drug-likeness (QED) is 0.149. The van der Waals surface area contributed by atoms with Gasteiger partial charge >= 0.3 is 12.2 Å².